The highest BCUT2D eigenvalue weighted by molar-refractivity contribution is 7.89. The van der Waals surface area contributed by atoms with Crippen molar-refractivity contribution in [2.24, 2.45) is 0 Å². The van der Waals surface area contributed by atoms with Gasteiger partial charge in [0.2, 0.25) is 15.9 Å². The molecule has 21 heavy (non-hydrogen) atoms. The molecule has 1 rings (SSSR count). The molecule has 0 spiro atoms. The summed E-state index contributed by atoms with van der Waals surface area (Å²) in [5, 5.41) is 11.4. The first-order valence-corrected chi connectivity index (χ1v) is 8.97. The van der Waals surface area contributed by atoms with Crippen molar-refractivity contribution in [1.82, 2.24) is 9.62 Å². The summed E-state index contributed by atoms with van der Waals surface area (Å²) in [5.74, 6) is -1.53. The lowest BCUT2D eigenvalue weighted by Crippen LogP contribution is -2.40. The van der Waals surface area contributed by atoms with Crippen LogP contribution in [-0.2, 0) is 19.6 Å². The number of carbonyl (C=O) groups excluding carboxylic acids is 1. The number of aliphatic carboxylic acids is 1. The zero-order valence-corrected chi connectivity index (χ0v) is 13.2. The average Bonchev–Trinajstić information content (AvgIpc) is 2.92. The molecule has 1 heterocycles. The summed E-state index contributed by atoms with van der Waals surface area (Å²) in [6.07, 6.45) is 3.03. The Morgan fingerprint density at radius 1 is 1.29 bits per heavy atom. The van der Waals surface area contributed by atoms with Crippen molar-refractivity contribution >= 4 is 21.9 Å². The maximum Gasteiger partial charge on any atom is 0.326 e. The summed E-state index contributed by atoms with van der Waals surface area (Å²) in [5.41, 5.74) is 0. The SMILES string of the molecule is CCCC(NC(=O)CCCS(=O)(=O)N1CCCC1)C(=O)O. The molecule has 1 unspecified atom stereocenters. The normalized spacial score (nSPS) is 17.6. The van der Waals surface area contributed by atoms with Crippen molar-refractivity contribution in [2.75, 3.05) is 18.8 Å². The summed E-state index contributed by atoms with van der Waals surface area (Å²) in [6, 6.07) is -0.891. The number of hydrogen-bond acceptors (Lipinski definition) is 4. The maximum absolute atomic E-state index is 11.9. The molecule has 0 aliphatic carbocycles. The molecule has 1 atom stereocenters. The van der Waals surface area contributed by atoms with Crippen molar-refractivity contribution in [3.63, 3.8) is 0 Å². The van der Waals surface area contributed by atoms with Crippen LogP contribution in [0.3, 0.4) is 0 Å². The first kappa shape index (κ1) is 17.9. The fourth-order valence-corrected chi connectivity index (χ4v) is 3.90. The van der Waals surface area contributed by atoms with Gasteiger partial charge in [0.15, 0.2) is 0 Å². The number of sulfonamides is 1. The second-order valence-corrected chi connectivity index (χ2v) is 7.36. The van der Waals surface area contributed by atoms with Gasteiger partial charge in [0.1, 0.15) is 6.04 Å². The van der Waals surface area contributed by atoms with Crippen LogP contribution < -0.4 is 5.32 Å². The van der Waals surface area contributed by atoms with Crippen molar-refractivity contribution in [1.29, 1.82) is 0 Å². The van der Waals surface area contributed by atoms with Crippen molar-refractivity contribution < 1.29 is 23.1 Å². The number of carbonyl (C=O) groups is 2. The zero-order chi connectivity index (χ0) is 15.9. The molecule has 8 heteroatoms. The van der Waals surface area contributed by atoms with E-state index in [1.807, 2.05) is 6.92 Å². The van der Waals surface area contributed by atoms with E-state index in [-0.39, 0.29) is 18.6 Å². The number of nitrogens with one attached hydrogen (secondary N) is 1. The number of amides is 1. The minimum absolute atomic E-state index is 0.0283. The van der Waals surface area contributed by atoms with Crippen LogP contribution in [0.15, 0.2) is 0 Å². The molecule has 1 fully saturated rings. The third-order valence-electron chi connectivity index (χ3n) is 3.48. The number of carboxylic acid groups (broad SMARTS) is 1. The van der Waals surface area contributed by atoms with Crippen LogP contribution in [0.25, 0.3) is 0 Å². The highest BCUT2D eigenvalue weighted by Gasteiger charge is 2.25. The number of carboxylic acids is 1. The van der Waals surface area contributed by atoms with Crippen molar-refractivity contribution in [3.05, 3.63) is 0 Å². The van der Waals surface area contributed by atoms with Crippen LogP contribution in [0.2, 0.25) is 0 Å². The second-order valence-electron chi connectivity index (χ2n) is 5.27. The van der Waals surface area contributed by atoms with Gasteiger partial charge in [-0.25, -0.2) is 17.5 Å². The number of hydrogen-bond donors (Lipinski definition) is 2. The highest BCUT2D eigenvalue weighted by atomic mass is 32.2. The first-order chi connectivity index (χ1) is 9.86. The second kappa shape index (κ2) is 8.33. The average molecular weight is 320 g/mol. The van der Waals surface area contributed by atoms with Crippen molar-refractivity contribution in [3.8, 4) is 0 Å². The van der Waals surface area contributed by atoms with E-state index in [2.05, 4.69) is 5.32 Å². The fourth-order valence-electron chi connectivity index (χ4n) is 2.32. The molecule has 0 radical (unpaired) electrons. The van der Waals surface area contributed by atoms with Gasteiger partial charge in [-0.3, -0.25) is 4.79 Å². The topological polar surface area (TPSA) is 104 Å². The number of nitrogens with zero attached hydrogens (tertiary/aromatic N) is 1. The van der Waals surface area contributed by atoms with Gasteiger partial charge >= 0.3 is 5.97 Å². The molecule has 1 aliphatic heterocycles. The molecule has 0 aromatic heterocycles. The molecule has 2 N–H and O–H groups in total. The molecule has 1 amide bonds. The van der Waals surface area contributed by atoms with Gasteiger partial charge in [-0.15, -0.1) is 0 Å². The van der Waals surface area contributed by atoms with Gasteiger partial charge in [-0.05, 0) is 25.7 Å². The molecule has 1 aliphatic rings. The van der Waals surface area contributed by atoms with Crippen LogP contribution in [0, 0.1) is 0 Å². The molecule has 0 aromatic carbocycles. The van der Waals surface area contributed by atoms with Crippen LogP contribution in [0.4, 0.5) is 0 Å². The molecule has 122 valence electrons. The van der Waals surface area contributed by atoms with E-state index >= 15 is 0 Å². The summed E-state index contributed by atoms with van der Waals surface area (Å²) in [4.78, 5) is 22.6. The molecule has 7 nitrogen and oxygen atoms in total. The molecule has 0 aromatic rings. The smallest absolute Gasteiger partial charge is 0.326 e. The van der Waals surface area contributed by atoms with Gasteiger partial charge < -0.3 is 10.4 Å². The zero-order valence-electron chi connectivity index (χ0n) is 12.4. The minimum Gasteiger partial charge on any atom is -0.480 e. The maximum atomic E-state index is 11.9. The molecule has 1 saturated heterocycles. The quantitative estimate of drug-likeness (QED) is 0.646. The summed E-state index contributed by atoms with van der Waals surface area (Å²) in [7, 11) is -3.27. The van der Waals surface area contributed by atoms with Gasteiger partial charge in [-0.1, -0.05) is 13.3 Å². The molecular weight excluding hydrogens is 296 g/mol. The Kier molecular flexibility index (Phi) is 7.10. The van der Waals surface area contributed by atoms with E-state index in [9.17, 15) is 18.0 Å². The van der Waals surface area contributed by atoms with Crippen molar-refractivity contribution in [2.45, 2.75) is 51.5 Å². The van der Waals surface area contributed by atoms with E-state index in [0.29, 0.717) is 25.9 Å². The van der Waals surface area contributed by atoms with Gasteiger partial charge in [0.05, 0.1) is 5.75 Å². The highest BCUT2D eigenvalue weighted by Crippen LogP contribution is 2.14. The standard InChI is InChI=1S/C13H24N2O5S/c1-2-6-11(13(17)18)14-12(16)7-5-10-21(19,20)15-8-3-4-9-15/h11H,2-10H2,1H3,(H,14,16)(H,17,18). The lowest BCUT2D eigenvalue weighted by molar-refractivity contribution is -0.142. The van der Waals surface area contributed by atoms with E-state index in [1.54, 1.807) is 0 Å². The summed E-state index contributed by atoms with van der Waals surface area (Å²) >= 11 is 0. The third-order valence-corrected chi connectivity index (χ3v) is 5.43. The van der Waals surface area contributed by atoms with Crippen LogP contribution in [0.1, 0.15) is 45.4 Å². The van der Waals surface area contributed by atoms with E-state index in [4.69, 9.17) is 5.11 Å². The lowest BCUT2D eigenvalue weighted by Gasteiger charge is -2.16. The molecular formula is C13H24N2O5S. The first-order valence-electron chi connectivity index (χ1n) is 7.37. The Hall–Kier alpha value is -1.15. The largest absolute Gasteiger partial charge is 0.480 e. The monoisotopic (exact) mass is 320 g/mol. The van der Waals surface area contributed by atoms with E-state index < -0.39 is 27.9 Å². The predicted octanol–water partition coefficient (Wildman–Crippen LogP) is 0.562. The Morgan fingerprint density at radius 2 is 1.90 bits per heavy atom. The predicted molar refractivity (Wildman–Crippen MR) is 78.3 cm³/mol. The Balaban J connectivity index is 2.34. The molecule has 0 bridgehead atoms. The van der Waals surface area contributed by atoms with Crippen LogP contribution >= 0.6 is 0 Å². The minimum atomic E-state index is -3.27. The van der Waals surface area contributed by atoms with E-state index in [1.165, 1.54) is 4.31 Å². The lowest BCUT2D eigenvalue weighted by atomic mass is 10.1. The number of rotatable bonds is 9. The summed E-state index contributed by atoms with van der Waals surface area (Å²) < 4.78 is 25.4. The van der Waals surface area contributed by atoms with E-state index in [0.717, 1.165) is 12.8 Å². The van der Waals surface area contributed by atoms with Crippen LogP contribution in [-0.4, -0.2) is 54.6 Å². The fraction of sp³-hybridized carbons (Fsp3) is 0.846. The Bertz CT molecular complexity index is 457. The Labute approximate surface area is 125 Å². The third kappa shape index (κ3) is 6.01. The Morgan fingerprint density at radius 3 is 2.43 bits per heavy atom. The van der Waals surface area contributed by atoms with Gasteiger partial charge in [0, 0.05) is 19.5 Å². The molecule has 0 saturated carbocycles. The van der Waals surface area contributed by atoms with Gasteiger partial charge in [-0.2, -0.15) is 0 Å². The van der Waals surface area contributed by atoms with Crippen LogP contribution in [0.5, 0.6) is 0 Å². The summed E-state index contributed by atoms with van der Waals surface area (Å²) in [6.45, 7) is 2.96. The van der Waals surface area contributed by atoms with Gasteiger partial charge in [0.25, 0.3) is 0 Å².